The van der Waals surface area contributed by atoms with Gasteiger partial charge in [-0.1, -0.05) is 62.0 Å². The Morgan fingerprint density at radius 1 is 1.10 bits per heavy atom. The number of nitrogens with zero attached hydrogens (tertiary/aromatic N) is 1. The van der Waals surface area contributed by atoms with Crippen molar-refractivity contribution in [2.24, 2.45) is 0 Å². The highest BCUT2D eigenvalue weighted by molar-refractivity contribution is 5.77. The van der Waals surface area contributed by atoms with E-state index in [1.54, 1.807) is 0 Å². The molecular formula is C17H24N2O. The van der Waals surface area contributed by atoms with Gasteiger partial charge in [0.05, 0.1) is 5.56 Å². The summed E-state index contributed by atoms with van der Waals surface area (Å²) < 4.78 is 5.44. The van der Waals surface area contributed by atoms with E-state index in [9.17, 15) is 0 Å². The third-order valence-electron chi connectivity index (χ3n) is 3.71. The maximum Gasteiger partial charge on any atom is 0.175 e. The number of benzene rings is 1. The fourth-order valence-corrected chi connectivity index (χ4v) is 2.54. The Bertz CT molecular complexity index is 546. The summed E-state index contributed by atoms with van der Waals surface area (Å²) in [5.41, 5.74) is 9.31. The van der Waals surface area contributed by atoms with E-state index >= 15 is 0 Å². The predicted octanol–water partition coefficient (Wildman–Crippen LogP) is 4.75. The van der Waals surface area contributed by atoms with Crippen molar-refractivity contribution < 1.29 is 4.52 Å². The molecule has 0 aliphatic rings. The largest absolute Gasteiger partial charge is 0.380 e. The molecule has 0 spiro atoms. The van der Waals surface area contributed by atoms with E-state index in [0.29, 0.717) is 5.82 Å². The molecule has 0 bridgehead atoms. The van der Waals surface area contributed by atoms with Crippen molar-refractivity contribution in [2.45, 2.75) is 52.4 Å². The molecule has 0 radical (unpaired) electrons. The van der Waals surface area contributed by atoms with Crippen LogP contribution in [0.25, 0.3) is 11.1 Å². The third-order valence-corrected chi connectivity index (χ3v) is 3.71. The number of aryl methyl sites for hydroxylation is 2. The lowest BCUT2D eigenvalue weighted by molar-refractivity contribution is 0.381. The number of hydrogen-bond acceptors (Lipinski definition) is 3. The Balaban J connectivity index is 2.10. The fraction of sp³-hybridized carbons (Fsp3) is 0.471. The summed E-state index contributed by atoms with van der Waals surface area (Å²) in [6.07, 6.45) is 7.15. The molecule has 0 amide bonds. The number of aromatic nitrogens is 1. The van der Waals surface area contributed by atoms with Crippen LogP contribution < -0.4 is 5.73 Å². The molecule has 2 rings (SSSR count). The second kappa shape index (κ2) is 7.13. The van der Waals surface area contributed by atoms with Crippen molar-refractivity contribution in [3.63, 3.8) is 0 Å². The summed E-state index contributed by atoms with van der Waals surface area (Å²) in [4.78, 5) is 0. The molecule has 108 valence electrons. The minimum Gasteiger partial charge on any atom is -0.380 e. The molecule has 0 unspecified atom stereocenters. The van der Waals surface area contributed by atoms with Gasteiger partial charge in [-0.25, -0.2) is 0 Å². The lowest BCUT2D eigenvalue weighted by Crippen LogP contribution is -1.93. The van der Waals surface area contributed by atoms with E-state index in [0.717, 1.165) is 29.7 Å². The summed E-state index contributed by atoms with van der Waals surface area (Å²) in [6, 6.07) is 8.23. The molecule has 2 N–H and O–H groups in total. The van der Waals surface area contributed by atoms with Gasteiger partial charge < -0.3 is 10.3 Å². The van der Waals surface area contributed by atoms with Crippen LogP contribution in [-0.2, 0) is 6.42 Å². The van der Waals surface area contributed by atoms with Crippen LogP contribution in [0.2, 0.25) is 0 Å². The standard InChI is InChI=1S/C17H24N2O/c1-3-4-5-6-7-12-15-16(17(18)19-20-15)14-11-9-8-10-13(14)2/h8-11H,3-7,12H2,1-2H3,(H2,18,19). The van der Waals surface area contributed by atoms with E-state index in [-0.39, 0.29) is 0 Å². The number of unbranched alkanes of at least 4 members (excludes halogenated alkanes) is 4. The normalized spacial score (nSPS) is 10.9. The summed E-state index contributed by atoms with van der Waals surface area (Å²) in [7, 11) is 0. The Labute approximate surface area is 121 Å². The van der Waals surface area contributed by atoms with Gasteiger partial charge in [0.25, 0.3) is 0 Å². The Hall–Kier alpha value is -1.77. The first-order valence-corrected chi connectivity index (χ1v) is 7.54. The van der Waals surface area contributed by atoms with Crippen LogP contribution in [0.15, 0.2) is 28.8 Å². The minimum atomic E-state index is 0.503. The van der Waals surface area contributed by atoms with Gasteiger partial charge in [0.2, 0.25) is 0 Å². The van der Waals surface area contributed by atoms with Gasteiger partial charge in [-0.2, -0.15) is 0 Å². The molecular weight excluding hydrogens is 248 g/mol. The highest BCUT2D eigenvalue weighted by Gasteiger charge is 2.16. The first-order valence-electron chi connectivity index (χ1n) is 7.54. The number of rotatable bonds is 7. The van der Waals surface area contributed by atoms with Gasteiger partial charge in [0.15, 0.2) is 5.82 Å². The molecule has 3 heteroatoms. The van der Waals surface area contributed by atoms with Gasteiger partial charge in [-0.3, -0.25) is 0 Å². The first-order chi connectivity index (χ1) is 9.74. The van der Waals surface area contributed by atoms with Gasteiger partial charge in [-0.15, -0.1) is 0 Å². The molecule has 1 aromatic carbocycles. The third kappa shape index (κ3) is 3.41. The molecule has 0 aliphatic heterocycles. The highest BCUT2D eigenvalue weighted by atomic mass is 16.5. The Morgan fingerprint density at radius 3 is 2.60 bits per heavy atom. The van der Waals surface area contributed by atoms with Crippen LogP contribution in [0.4, 0.5) is 5.82 Å². The van der Waals surface area contributed by atoms with Crippen LogP contribution >= 0.6 is 0 Å². The molecule has 0 fully saturated rings. The zero-order valence-electron chi connectivity index (χ0n) is 12.5. The van der Waals surface area contributed by atoms with E-state index in [2.05, 4.69) is 31.1 Å². The average molecular weight is 272 g/mol. The second-order valence-electron chi connectivity index (χ2n) is 5.35. The summed E-state index contributed by atoms with van der Waals surface area (Å²) in [5.74, 6) is 1.43. The topological polar surface area (TPSA) is 52.0 Å². The summed E-state index contributed by atoms with van der Waals surface area (Å²) in [5, 5.41) is 3.95. The average Bonchev–Trinajstić information content (AvgIpc) is 2.80. The molecule has 0 saturated heterocycles. The zero-order valence-corrected chi connectivity index (χ0v) is 12.5. The van der Waals surface area contributed by atoms with Crippen molar-refractivity contribution >= 4 is 5.82 Å². The maximum atomic E-state index is 5.99. The molecule has 1 heterocycles. The lowest BCUT2D eigenvalue weighted by Gasteiger charge is -2.06. The first kappa shape index (κ1) is 14.6. The molecule has 20 heavy (non-hydrogen) atoms. The summed E-state index contributed by atoms with van der Waals surface area (Å²) in [6.45, 7) is 4.32. The molecule has 3 nitrogen and oxygen atoms in total. The van der Waals surface area contributed by atoms with Crippen LogP contribution in [0.3, 0.4) is 0 Å². The molecule has 2 aromatic rings. The fourth-order valence-electron chi connectivity index (χ4n) is 2.54. The lowest BCUT2D eigenvalue weighted by atomic mass is 9.98. The SMILES string of the molecule is CCCCCCCc1onc(N)c1-c1ccccc1C. The highest BCUT2D eigenvalue weighted by Crippen LogP contribution is 2.32. The Morgan fingerprint density at radius 2 is 1.85 bits per heavy atom. The van der Waals surface area contributed by atoms with E-state index in [4.69, 9.17) is 10.3 Å². The van der Waals surface area contributed by atoms with Crippen LogP contribution in [0, 0.1) is 6.92 Å². The van der Waals surface area contributed by atoms with Crippen LogP contribution in [-0.4, -0.2) is 5.16 Å². The number of anilines is 1. The molecule has 0 aliphatic carbocycles. The smallest absolute Gasteiger partial charge is 0.175 e. The summed E-state index contributed by atoms with van der Waals surface area (Å²) >= 11 is 0. The van der Waals surface area contributed by atoms with Crippen molar-refractivity contribution in [2.75, 3.05) is 5.73 Å². The van der Waals surface area contributed by atoms with Crippen molar-refractivity contribution in [1.82, 2.24) is 5.16 Å². The van der Waals surface area contributed by atoms with Crippen LogP contribution in [0.1, 0.15) is 50.4 Å². The van der Waals surface area contributed by atoms with Crippen LogP contribution in [0.5, 0.6) is 0 Å². The quantitative estimate of drug-likeness (QED) is 0.740. The van der Waals surface area contributed by atoms with Gasteiger partial charge in [0.1, 0.15) is 5.76 Å². The van der Waals surface area contributed by atoms with Gasteiger partial charge in [0, 0.05) is 6.42 Å². The zero-order chi connectivity index (χ0) is 14.4. The van der Waals surface area contributed by atoms with Gasteiger partial charge in [-0.05, 0) is 24.5 Å². The number of nitrogens with two attached hydrogens (primary N) is 1. The van der Waals surface area contributed by atoms with E-state index in [1.807, 2.05) is 12.1 Å². The second-order valence-corrected chi connectivity index (χ2v) is 5.35. The maximum absolute atomic E-state index is 5.99. The number of hydrogen-bond donors (Lipinski definition) is 1. The van der Waals surface area contributed by atoms with Crippen molar-refractivity contribution in [1.29, 1.82) is 0 Å². The monoisotopic (exact) mass is 272 g/mol. The van der Waals surface area contributed by atoms with Crippen molar-refractivity contribution in [3.8, 4) is 11.1 Å². The Kier molecular flexibility index (Phi) is 5.22. The van der Waals surface area contributed by atoms with Gasteiger partial charge >= 0.3 is 0 Å². The number of nitrogen functional groups attached to an aromatic ring is 1. The minimum absolute atomic E-state index is 0.503. The predicted molar refractivity (Wildman–Crippen MR) is 83.6 cm³/mol. The molecule has 1 aromatic heterocycles. The van der Waals surface area contributed by atoms with E-state index < -0.39 is 0 Å². The molecule has 0 saturated carbocycles. The van der Waals surface area contributed by atoms with E-state index in [1.165, 1.54) is 31.2 Å². The molecule has 0 atom stereocenters. The van der Waals surface area contributed by atoms with Crippen molar-refractivity contribution in [3.05, 3.63) is 35.6 Å².